The van der Waals surface area contributed by atoms with Crippen LogP contribution in [0.4, 0.5) is 9.93 Å². The van der Waals surface area contributed by atoms with Crippen LogP contribution in [-0.4, -0.2) is 74.8 Å². The Labute approximate surface area is 236 Å². The van der Waals surface area contributed by atoms with Gasteiger partial charge in [0.15, 0.2) is 5.01 Å². The molecule has 3 aromatic rings. The van der Waals surface area contributed by atoms with Gasteiger partial charge < -0.3 is 19.9 Å². The Bertz CT molecular complexity index is 1560. The van der Waals surface area contributed by atoms with Gasteiger partial charge in [0.1, 0.15) is 18.2 Å². The summed E-state index contributed by atoms with van der Waals surface area (Å²) in [6.45, 7) is 13.8. The van der Waals surface area contributed by atoms with Gasteiger partial charge in [-0.05, 0) is 45.9 Å². The summed E-state index contributed by atoms with van der Waals surface area (Å²) in [5, 5.41) is 35.6. The highest BCUT2D eigenvalue weighted by molar-refractivity contribution is 7.16. The van der Waals surface area contributed by atoms with Gasteiger partial charge in [0.2, 0.25) is 5.13 Å². The van der Waals surface area contributed by atoms with Crippen LogP contribution < -0.4 is 10.2 Å². The third-order valence-corrected chi connectivity index (χ3v) is 6.96. The number of anilines is 1. The summed E-state index contributed by atoms with van der Waals surface area (Å²) < 4.78 is 7.20. The minimum atomic E-state index is -0.542. The number of fused-ring (bicyclic) bond motifs is 1. The molecule has 40 heavy (non-hydrogen) atoms. The molecule has 4 rings (SSSR count). The molecule has 1 amide bonds. The number of carbonyl (C=O) groups excluding carboxylic acids is 1. The number of carbonyl (C=O) groups is 1. The molecule has 12 nitrogen and oxygen atoms in total. The zero-order valence-electron chi connectivity index (χ0n) is 22.9. The average molecular weight is 559 g/mol. The van der Waals surface area contributed by atoms with Crippen molar-refractivity contribution in [2.75, 3.05) is 37.6 Å². The highest BCUT2D eigenvalue weighted by Crippen LogP contribution is 2.29. The number of allylic oxidation sites excluding steroid dienone is 1. The molecular formula is C27H30N10O2S. The van der Waals surface area contributed by atoms with Gasteiger partial charge in [-0.3, -0.25) is 4.99 Å². The lowest BCUT2D eigenvalue weighted by molar-refractivity contribution is 0.0240. The first-order valence-corrected chi connectivity index (χ1v) is 13.4. The first-order valence-electron chi connectivity index (χ1n) is 12.6. The molecule has 13 heteroatoms. The standard InChI is InChI=1S/C27H30N10O2S/c1-18(30-9-8-28)22(17-31-19(2)23-7-6-21-14-20(15-29)16-32-37(21)23)24-33-34-25(40-24)35-10-12-36(13-11-35)26(38)39-27(3,4)5/h6-7,14,16-17,30H,1,9-13H2,2-5H3/b22-17+,31-19+. The topological polar surface area (TPSA) is 148 Å². The fourth-order valence-electron chi connectivity index (χ4n) is 3.92. The lowest BCUT2D eigenvalue weighted by Gasteiger charge is -2.35. The maximum Gasteiger partial charge on any atom is 0.410 e. The predicted molar refractivity (Wildman–Crippen MR) is 153 cm³/mol. The number of hydrogen-bond acceptors (Lipinski definition) is 11. The van der Waals surface area contributed by atoms with Gasteiger partial charge in [-0.25, -0.2) is 9.31 Å². The lowest BCUT2D eigenvalue weighted by atomic mass is 10.2. The molecule has 1 N–H and O–H groups in total. The Morgan fingerprint density at radius 2 is 2.00 bits per heavy atom. The lowest BCUT2D eigenvalue weighted by Crippen LogP contribution is -2.50. The molecule has 1 aliphatic heterocycles. The average Bonchev–Trinajstić information content (AvgIpc) is 3.58. The number of amides is 1. The van der Waals surface area contributed by atoms with E-state index in [4.69, 9.17) is 15.3 Å². The second-order valence-corrected chi connectivity index (χ2v) is 11.0. The molecule has 0 bridgehead atoms. The molecule has 1 aliphatic rings. The van der Waals surface area contributed by atoms with Gasteiger partial charge in [0, 0.05) is 38.1 Å². The number of nitrogens with one attached hydrogen (secondary N) is 1. The molecule has 0 saturated carbocycles. The molecule has 206 valence electrons. The molecule has 0 aromatic carbocycles. The second kappa shape index (κ2) is 12.0. The number of hydrogen-bond donors (Lipinski definition) is 1. The summed E-state index contributed by atoms with van der Waals surface area (Å²) in [6, 6.07) is 9.67. The van der Waals surface area contributed by atoms with Crippen molar-refractivity contribution in [2.24, 2.45) is 4.99 Å². The van der Waals surface area contributed by atoms with Crippen molar-refractivity contribution in [1.82, 2.24) is 30.0 Å². The molecule has 0 atom stereocenters. The maximum absolute atomic E-state index is 12.4. The molecule has 1 fully saturated rings. The molecule has 0 aliphatic carbocycles. The van der Waals surface area contributed by atoms with E-state index >= 15 is 0 Å². The van der Waals surface area contributed by atoms with Crippen LogP contribution >= 0.6 is 11.3 Å². The van der Waals surface area contributed by atoms with Crippen LogP contribution in [0.15, 0.2) is 47.9 Å². The van der Waals surface area contributed by atoms with E-state index in [-0.39, 0.29) is 12.6 Å². The molecular weight excluding hydrogens is 528 g/mol. The van der Waals surface area contributed by atoms with Crippen LogP contribution in [0.1, 0.15) is 44.0 Å². The van der Waals surface area contributed by atoms with Crippen molar-refractivity contribution in [3.63, 3.8) is 0 Å². The first kappa shape index (κ1) is 28.3. The zero-order valence-corrected chi connectivity index (χ0v) is 23.7. The van der Waals surface area contributed by atoms with Crippen molar-refractivity contribution in [1.29, 1.82) is 10.5 Å². The summed E-state index contributed by atoms with van der Waals surface area (Å²) in [7, 11) is 0. The van der Waals surface area contributed by atoms with Crippen molar-refractivity contribution in [3.8, 4) is 12.1 Å². The Hall–Kier alpha value is -4.75. The monoisotopic (exact) mass is 558 g/mol. The smallest absolute Gasteiger partial charge is 0.410 e. The van der Waals surface area contributed by atoms with Crippen molar-refractivity contribution >= 4 is 39.4 Å². The second-order valence-electron chi connectivity index (χ2n) is 10.0. The van der Waals surface area contributed by atoms with Crippen LogP contribution in [0.2, 0.25) is 0 Å². The Kier molecular flexibility index (Phi) is 8.46. The number of aromatic nitrogens is 4. The molecule has 4 heterocycles. The first-order chi connectivity index (χ1) is 19.1. The van der Waals surface area contributed by atoms with Crippen molar-refractivity contribution < 1.29 is 9.53 Å². The predicted octanol–water partition coefficient (Wildman–Crippen LogP) is 3.59. The zero-order chi connectivity index (χ0) is 28.9. The summed E-state index contributed by atoms with van der Waals surface area (Å²) in [4.78, 5) is 20.8. The minimum absolute atomic E-state index is 0.0750. The van der Waals surface area contributed by atoms with E-state index in [2.05, 4.69) is 49.2 Å². The van der Waals surface area contributed by atoms with Gasteiger partial charge in [-0.1, -0.05) is 17.9 Å². The van der Waals surface area contributed by atoms with Crippen LogP contribution in [0.5, 0.6) is 0 Å². The van der Waals surface area contributed by atoms with E-state index in [0.29, 0.717) is 58.9 Å². The third-order valence-electron chi connectivity index (χ3n) is 5.94. The molecule has 0 radical (unpaired) electrons. The van der Waals surface area contributed by atoms with Crippen LogP contribution in [0.3, 0.4) is 0 Å². The van der Waals surface area contributed by atoms with E-state index in [1.807, 2.05) is 39.8 Å². The fraction of sp³-hybridized carbons (Fsp3) is 0.370. The molecule has 1 saturated heterocycles. The van der Waals surface area contributed by atoms with E-state index in [1.54, 1.807) is 21.7 Å². The Morgan fingerprint density at radius 1 is 1.25 bits per heavy atom. The van der Waals surface area contributed by atoms with E-state index in [0.717, 1.165) is 11.2 Å². The minimum Gasteiger partial charge on any atom is -0.444 e. The highest BCUT2D eigenvalue weighted by atomic mass is 32.1. The summed E-state index contributed by atoms with van der Waals surface area (Å²) in [5.74, 6) is 0. The number of ether oxygens (including phenoxy) is 1. The summed E-state index contributed by atoms with van der Waals surface area (Å²) >= 11 is 1.38. The fourth-order valence-corrected chi connectivity index (χ4v) is 4.86. The van der Waals surface area contributed by atoms with Gasteiger partial charge in [0.05, 0.1) is 40.3 Å². The number of nitrogens with zero attached hydrogens (tertiary/aromatic N) is 9. The number of piperazine rings is 1. The Balaban J connectivity index is 1.54. The number of aliphatic imine (C=N–C) groups is 1. The maximum atomic E-state index is 12.4. The van der Waals surface area contributed by atoms with E-state index in [9.17, 15) is 4.79 Å². The van der Waals surface area contributed by atoms with E-state index in [1.165, 1.54) is 17.5 Å². The van der Waals surface area contributed by atoms with Gasteiger partial charge in [-0.15, -0.1) is 10.2 Å². The van der Waals surface area contributed by atoms with Crippen LogP contribution in [-0.2, 0) is 4.74 Å². The van der Waals surface area contributed by atoms with Crippen LogP contribution in [0, 0.1) is 22.7 Å². The van der Waals surface area contributed by atoms with Crippen LogP contribution in [0.25, 0.3) is 11.1 Å². The quantitative estimate of drug-likeness (QED) is 0.261. The number of nitriles is 2. The largest absolute Gasteiger partial charge is 0.444 e. The highest BCUT2D eigenvalue weighted by Gasteiger charge is 2.27. The van der Waals surface area contributed by atoms with Gasteiger partial charge in [0.25, 0.3) is 0 Å². The normalized spacial score (nSPS) is 14.6. The third kappa shape index (κ3) is 6.62. The summed E-state index contributed by atoms with van der Waals surface area (Å²) in [5.41, 5.74) is 3.27. The SMILES string of the molecule is C=C(NCC#N)/C(=C\N=C(/C)c1ccc2cc(C#N)cnn12)c1nnc(N2CCN(C(=O)OC(C)(C)C)CC2)s1. The van der Waals surface area contributed by atoms with E-state index < -0.39 is 5.60 Å². The molecule has 3 aromatic heterocycles. The number of rotatable bonds is 7. The summed E-state index contributed by atoms with van der Waals surface area (Å²) in [6.07, 6.45) is 2.84. The van der Waals surface area contributed by atoms with Crippen molar-refractivity contribution in [2.45, 2.75) is 33.3 Å². The molecule has 0 unspecified atom stereocenters. The van der Waals surface area contributed by atoms with Crippen molar-refractivity contribution in [3.05, 3.63) is 59.1 Å². The Morgan fingerprint density at radius 3 is 2.67 bits per heavy atom. The van der Waals surface area contributed by atoms with Gasteiger partial charge >= 0.3 is 6.09 Å². The molecule has 0 spiro atoms. The van der Waals surface area contributed by atoms with Gasteiger partial charge in [-0.2, -0.15) is 15.6 Å².